The number of rotatable bonds is 5. The SMILES string of the molecule is CC(c1ccc(Cl)cc1Cl)N(N)c1cc(N2CCN(C(=O)[C@H]3CCCN3)[C@H](C)C2)ccc1N. The highest BCUT2D eigenvalue weighted by Crippen LogP contribution is 2.35. The molecule has 2 aromatic carbocycles. The largest absolute Gasteiger partial charge is 0.397 e. The molecule has 33 heavy (non-hydrogen) atoms. The first kappa shape index (κ1) is 24.0. The standard InChI is InChI=1S/C24H32Cl2N6O/c1-15-14-30(10-11-31(15)24(33)22-4-3-9-29-22)18-6-8-21(27)23(13-18)32(28)16(2)19-7-5-17(25)12-20(19)26/h5-8,12-13,15-16,22,29H,3-4,9-11,14,27-28H2,1-2H3/t15-,16?,22-/m1/s1. The van der Waals surface area contributed by atoms with Gasteiger partial charge in [0.2, 0.25) is 5.91 Å². The number of halogens is 2. The van der Waals surface area contributed by atoms with Crippen LogP contribution in [0.3, 0.4) is 0 Å². The average molecular weight is 491 g/mol. The van der Waals surface area contributed by atoms with Gasteiger partial charge in [-0.1, -0.05) is 29.3 Å². The van der Waals surface area contributed by atoms with Gasteiger partial charge in [-0.2, -0.15) is 0 Å². The first-order valence-electron chi connectivity index (χ1n) is 11.4. The molecular weight excluding hydrogens is 459 g/mol. The van der Waals surface area contributed by atoms with Crippen molar-refractivity contribution in [3.8, 4) is 0 Å². The fourth-order valence-electron chi connectivity index (χ4n) is 4.77. The number of nitrogens with one attached hydrogen (secondary N) is 1. The third kappa shape index (κ3) is 5.01. The quantitative estimate of drug-likeness (QED) is 0.335. The highest BCUT2D eigenvalue weighted by molar-refractivity contribution is 6.35. The van der Waals surface area contributed by atoms with E-state index in [9.17, 15) is 4.79 Å². The van der Waals surface area contributed by atoms with Crippen LogP contribution in [0.2, 0.25) is 10.0 Å². The van der Waals surface area contributed by atoms with Crippen molar-refractivity contribution in [3.05, 3.63) is 52.0 Å². The average Bonchev–Trinajstić information content (AvgIpc) is 3.33. The van der Waals surface area contributed by atoms with E-state index >= 15 is 0 Å². The summed E-state index contributed by atoms with van der Waals surface area (Å²) in [5.74, 6) is 6.74. The Morgan fingerprint density at radius 2 is 2.00 bits per heavy atom. The summed E-state index contributed by atoms with van der Waals surface area (Å²) < 4.78 is 0. The molecular formula is C24H32Cl2N6O. The van der Waals surface area contributed by atoms with Crippen LogP contribution in [-0.2, 0) is 4.79 Å². The van der Waals surface area contributed by atoms with Crippen LogP contribution < -0.4 is 26.8 Å². The molecule has 9 heteroatoms. The molecule has 0 spiro atoms. The number of benzene rings is 2. The van der Waals surface area contributed by atoms with E-state index in [0.717, 1.165) is 49.4 Å². The minimum atomic E-state index is -0.209. The number of hydrogen-bond donors (Lipinski definition) is 3. The van der Waals surface area contributed by atoms with Gasteiger partial charge in [0.25, 0.3) is 0 Å². The van der Waals surface area contributed by atoms with Gasteiger partial charge in [-0.05, 0) is 69.1 Å². The lowest BCUT2D eigenvalue weighted by Gasteiger charge is -2.42. The van der Waals surface area contributed by atoms with Gasteiger partial charge in [-0.25, -0.2) is 5.84 Å². The van der Waals surface area contributed by atoms with Crippen LogP contribution >= 0.6 is 23.2 Å². The summed E-state index contributed by atoms with van der Waals surface area (Å²) in [7, 11) is 0. The van der Waals surface area contributed by atoms with E-state index in [4.69, 9.17) is 34.8 Å². The van der Waals surface area contributed by atoms with Crippen molar-refractivity contribution < 1.29 is 4.79 Å². The summed E-state index contributed by atoms with van der Waals surface area (Å²) in [5.41, 5.74) is 9.52. The predicted octanol–water partition coefficient (Wildman–Crippen LogP) is 3.81. The summed E-state index contributed by atoms with van der Waals surface area (Å²) in [6, 6.07) is 11.2. The molecule has 7 nitrogen and oxygen atoms in total. The number of anilines is 3. The Hall–Kier alpha value is -2.19. The van der Waals surface area contributed by atoms with Crippen molar-refractivity contribution in [2.45, 2.75) is 44.8 Å². The molecule has 0 bridgehead atoms. The summed E-state index contributed by atoms with van der Waals surface area (Å²) in [6.45, 7) is 7.22. The van der Waals surface area contributed by atoms with Crippen LogP contribution in [0.4, 0.5) is 17.1 Å². The van der Waals surface area contributed by atoms with Crippen molar-refractivity contribution in [2.75, 3.05) is 41.8 Å². The number of hydrogen-bond acceptors (Lipinski definition) is 6. The predicted molar refractivity (Wildman–Crippen MR) is 137 cm³/mol. The van der Waals surface area contributed by atoms with Crippen molar-refractivity contribution in [1.82, 2.24) is 10.2 Å². The smallest absolute Gasteiger partial charge is 0.240 e. The number of carbonyl (C=O) groups excluding carboxylic acids is 1. The normalized spacial score (nSPS) is 21.8. The maximum Gasteiger partial charge on any atom is 0.240 e. The van der Waals surface area contributed by atoms with Gasteiger partial charge in [0.05, 0.1) is 23.5 Å². The zero-order valence-corrected chi connectivity index (χ0v) is 20.6. The van der Waals surface area contributed by atoms with Gasteiger partial charge in [0.15, 0.2) is 0 Å². The molecule has 2 aliphatic rings. The van der Waals surface area contributed by atoms with Crippen LogP contribution in [-0.4, -0.2) is 49.1 Å². The van der Waals surface area contributed by atoms with Crippen LogP contribution in [0, 0.1) is 0 Å². The molecule has 178 valence electrons. The lowest BCUT2D eigenvalue weighted by molar-refractivity contribution is -0.135. The second kappa shape index (κ2) is 9.97. The maximum atomic E-state index is 12.9. The van der Waals surface area contributed by atoms with E-state index in [0.29, 0.717) is 22.3 Å². The van der Waals surface area contributed by atoms with Crippen molar-refractivity contribution in [3.63, 3.8) is 0 Å². The van der Waals surface area contributed by atoms with Gasteiger partial charge in [-0.15, -0.1) is 0 Å². The molecule has 0 aliphatic carbocycles. The lowest BCUT2D eigenvalue weighted by atomic mass is 10.1. The van der Waals surface area contributed by atoms with Gasteiger partial charge in [-0.3, -0.25) is 4.79 Å². The Morgan fingerprint density at radius 3 is 2.67 bits per heavy atom. The van der Waals surface area contributed by atoms with E-state index in [-0.39, 0.29) is 24.0 Å². The molecule has 0 saturated carbocycles. The highest BCUT2D eigenvalue weighted by atomic mass is 35.5. The number of carbonyl (C=O) groups is 1. The first-order valence-corrected chi connectivity index (χ1v) is 12.2. The van der Waals surface area contributed by atoms with Crippen molar-refractivity contribution in [1.29, 1.82) is 0 Å². The number of hydrazine groups is 1. The Bertz CT molecular complexity index is 1010. The van der Waals surface area contributed by atoms with Gasteiger partial charge < -0.3 is 25.9 Å². The number of amides is 1. The summed E-state index contributed by atoms with van der Waals surface area (Å²) in [4.78, 5) is 17.2. The Labute approximate surface area is 205 Å². The third-order valence-corrected chi connectivity index (χ3v) is 7.32. The molecule has 2 saturated heterocycles. The molecule has 2 aromatic rings. The summed E-state index contributed by atoms with van der Waals surface area (Å²) in [5, 5.41) is 6.10. The second-order valence-corrected chi connectivity index (χ2v) is 9.81. The van der Waals surface area contributed by atoms with Crippen LogP contribution in [0.1, 0.15) is 38.3 Å². The molecule has 3 atom stereocenters. The van der Waals surface area contributed by atoms with Crippen molar-refractivity contribution in [2.24, 2.45) is 5.84 Å². The number of nitrogen functional groups attached to an aromatic ring is 1. The number of nitrogens with two attached hydrogens (primary N) is 2. The summed E-state index contributed by atoms with van der Waals surface area (Å²) in [6.07, 6.45) is 1.99. The van der Waals surface area contributed by atoms with E-state index in [2.05, 4.69) is 17.1 Å². The van der Waals surface area contributed by atoms with Crippen LogP contribution in [0.25, 0.3) is 0 Å². The fraction of sp³-hybridized carbons (Fsp3) is 0.458. The molecule has 2 fully saturated rings. The Kier molecular flexibility index (Phi) is 7.24. The van der Waals surface area contributed by atoms with Crippen molar-refractivity contribution >= 4 is 46.2 Å². The number of piperazine rings is 1. The molecule has 1 amide bonds. The van der Waals surface area contributed by atoms with E-state index in [1.807, 2.05) is 36.1 Å². The van der Waals surface area contributed by atoms with Crippen LogP contribution in [0.15, 0.2) is 36.4 Å². The topological polar surface area (TPSA) is 90.9 Å². The molecule has 2 aliphatic heterocycles. The van der Waals surface area contributed by atoms with Crippen LogP contribution in [0.5, 0.6) is 0 Å². The number of nitrogens with zero attached hydrogens (tertiary/aromatic N) is 3. The first-order chi connectivity index (χ1) is 15.8. The lowest BCUT2D eigenvalue weighted by Crippen LogP contribution is -2.57. The summed E-state index contributed by atoms with van der Waals surface area (Å²) >= 11 is 12.5. The zero-order valence-electron chi connectivity index (χ0n) is 19.1. The van der Waals surface area contributed by atoms with Gasteiger partial charge >= 0.3 is 0 Å². The molecule has 0 radical (unpaired) electrons. The van der Waals surface area contributed by atoms with E-state index < -0.39 is 0 Å². The molecule has 2 heterocycles. The molecule has 0 aromatic heterocycles. The Balaban J connectivity index is 1.49. The molecule has 5 N–H and O–H groups in total. The Morgan fingerprint density at radius 1 is 1.21 bits per heavy atom. The third-order valence-electron chi connectivity index (χ3n) is 6.76. The van der Waals surface area contributed by atoms with Gasteiger partial charge in [0, 0.05) is 41.4 Å². The molecule has 1 unspecified atom stereocenters. The fourth-order valence-corrected chi connectivity index (χ4v) is 5.33. The maximum absolute atomic E-state index is 12.9. The highest BCUT2D eigenvalue weighted by Gasteiger charge is 2.33. The second-order valence-electron chi connectivity index (χ2n) is 8.97. The van der Waals surface area contributed by atoms with E-state index in [1.165, 1.54) is 0 Å². The monoisotopic (exact) mass is 490 g/mol. The van der Waals surface area contributed by atoms with Gasteiger partial charge in [0.1, 0.15) is 0 Å². The molecule has 4 rings (SSSR count). The minimum absolute atomic E-state index is 0.0332. The van der Waals surface area contributed by atoms with E-state index in [1.54, 1.807) is 17.1 Å². The zero-order chi connectivity index (χ0) is 23.7. The minimum Gasteiger partial charge on any atom is -0.397 e.